The van der Waals surface area contributed by atoms with Crippen LogP contribution in [0.1, 0.15) is 49.4 Å². The van der Waals surface area contributed by atoms with Crippen LogP contribution < -0.4 is 0 Å². The van der Waals surface area contributed by atoms with Crippen LogP contribution in [0.25, 0.3) is 0 Å². The number of hydrogen-bond acceptors (Lipinski definition) is 4. The number of piperazine rings is 1. The third-order valence-corrected chi connectivity index (χ3v) is 4.67. The smallest absolute Gasteiger partial charge is 0.409 e. The van der Waals surface area contributed by atoms with E-state index in [1.54, 1.807) is 11.8 Å². The summed E-state index contributed by atoms with van der Waals surface area (Å²) in [6.07, 6.45) is -0.262. The first-order valence-corrected chi connectivity index (χ1v) is 9.01. The molecule has 0 radical (unpaired) electrons. The summed E-state index contributed by atoms with van der Waals surface area (Å²) in [6.45, 7) is 15.7. The molecule has 2 heterocycles. The van der Waals surface area contributed by atoms with Crippen molar-refractivity contribution in [1.82, 2.24) is 14.4 Å². The minimum atomic E-state index is -0.262. The van der Waals surface area contributed by atoms with E-state index < -0.39 is 0 Å². The lowest BCUT2D eigenvalue weighted by atomic mass is 10.1. The Hall–Kier alpha value is -1.82. The largest absolute Gasteiger partial charge is 0.450 e. The average molecular weight is 349 g/mol. The molecule has 0 spiro atoms. The molecular formula is C19H31N3O3. The molecule has 0 atom stereocenters. The summed E-state index contributed by atoms with van der Waals surface area (Å²) in [5.41, 5.74) is 2.90. The van der Waals surface area contributed by atoms with E-state index in [-0.39, 0.29) is 17.4 Å². The Labute approximate surface area is 150 Å². The standard InChI is InChI=1S/C19H31N3O3/c1-7-25-18(24)21-10-8-20(9-11-21)13-17(23)16-12-14(2)22(15(16)3)19(4,5)6/h12H,7-11,13H2,1-6H3. The number of rotatable bonds is 4. The van der Waals surface area contributed by atoms with Gasteiger partial charge in [-0.25, -0.2) is 4.79 Å². The lowest BCUT2D eigenvalue weighted by Crippen LogP contribution is -2.50. The summed E-state index contributed by atoms with van der Waals surface area (Å²) in [5, 5.41) is 0. The van der Waals surface area contributed by atoms with Gasteiger partial charge in [-0.1, -0.05) is 0 Å². The first kappa shape index (κ1) is 19.5. The van der Waals surface area contributed by atoms with Gasteiger partial charge in [-0.3, -0.25) is 9.69 Å². The van der Waals surface area contributed by atoms with Crippen molar-refractivity contribution in [2.24, 2.45) is 0 Å². The molecule has 0 unspecified atom stereocenters. The number of carbonyl (C=O) groups is 2. The van der Waals surface area contributed by atoms with Crippen LogP contribution in [0.15, 0.2) is 6.07 Å². The lowest BCUT2D eigenvalue weighted by Gasteiger charge is -2.33. The zero-order valence-corrected chi connectivity index (χ0v) is 16.4. The van der Waals surface area contributed by atoms with E-state index in [1.165, 1.54) is 0 Å². The van der Waals surface area contributed by atoms with Crippen LogP contribution >= 0.6 is 0 Å². The second-order valence-corrected chi connectivity index (χ2v) is 7.68. The molecule has 2 rings (SSSR count). The molecule has 140 valence electrons. The summed E-state index contributed by atoms with van der Waals surface area (Å²) in [5.74, 6) is 0.146. The van der Waals surface area contributed by atoms with Crippen molar-refractivity contribution in [1.29, 1.82) is 0 Å². The number of nitrogens with zero attached hydrogens (tertiary/aromatic N) is 3. The highest BCUT2D eigenvalue weighted by Gasteiger charge is 2.26. The predicted molar refractivity (Wildman–Crippen MR) is 98.3 cm³/mol. The summed E-state index contributed by atoms with van der Waals surface area (Å²) >= 11 is 0. The second-order valence-electron chi connectivity index (χ2n) is 7.68. The molecule has 1 amide bonds. The Morgan fingerprint density at radius 3 is 2.20 bits per heavy atom. The van der Waals surface area contributed by atoms with Crippen LogP contribution in [-0.2, 0) is 10.3 Å². The van der Waals surface area contributed by atoms with Crippen molar-refractivity contribution in [3.05, 3.63) is 23.0 Å². The number of Topliss-reactive ketones (excluding diaryl/α,β-unsaturated/α-hetero) is 1. The van der Waals surface area contributed by atoms with Gasteiger partial charge in [0.15, 0.2) is 5.78 Å². The van der Waals surface area contributed by atoms with E-state index >= 15 is 0 Å². The molecule has 6 nitrogen and oxygen atoms in total. The Bertz CT molecular complexity index is 635. The molecule has 1 aromatic rings. The van der Waals surface area contributed by atoms with Gasteiger partial charge in [0.25, 0.3) is 0 Å². The van der Waals surface area contributed by atoms with Crippen LogP contribution in [0.3, 0.4) is 0 Å². The number of ketones is 1. The number of aryl methyl sites for hydroxylation is 1. The summed E-state index contributed by atoms with van der Waals surface area (Å²) < 4.78 is 7.25. The molecule has 1 aromatic heterocycles. The third-order valence-electron chi connectivity index (χ3n) is 4.67. The molecule has 6 heteroatoms. The average Bonchev–Trinajstić information content (AvgIpc) is 2.83. The maximum atomic E-state index is 12.8. The van der Waals surface area contributed by atoms with Crippen molar-refractivity contribution in [2.45, 2.75) is 47.1 Å². The molecule has 1 aliphatic rings. The molecule has 0 N–H and O–H groups in total. The summed E-state index contributed by atoms with van der Waals surface area (Å²) in [6, 6.07) is 2.00. The van der Waals surface area contributed by atoms with Gasteiger partial charge < -0.3 is 14.2 Å². The zero-order valence-electron chi connectivity index (χ0n) is 16.4. The number of carbonyl (C=O) groups excluding carboxylic acids is 2. The van der Waals surface area contributed by atoms with Crippen LogP contribution in [0, 0.1) is 13.8 Å². The van der Waals surface area contributed by atoms with Gasteiger partial charge >= 0.3 is 6.09 Å². The summed E-state index contributed by atoms with van der Waals surface area (Å²) in [7, 11) is 0. The van der Waals surface area contributed by atoms with Crippen molar-refractivity contribution in [2.75, 3.05) is 39.3 Å². The number of ether oxygens (including phenoxy) is 1. The first-order chi connectivity index (χ1) is 11.6. The molecule has 1 saturated heterocycles. The highest BCUT2D eigenvalue weighted by molar-refractivity contribution is 5.99. The van der Waals surface area contributed by atoms with E-state index in [1.807, 2.05) is 19.9 Å². The van der Waals surface area contributed by atoms with Crippen molar-refractivity contribution >= 4 is 11.9 Å². The highest BCUT2D eigenvalue weighted by Crippen LogP contribution is 2.25. The van der Waals surface area contributed by atoms with Crippen LogP contribution in [-0.4, -0.2) is 65.6 Å². The quantitative estimate of drug-likeness (QED) is 0.785. The lowest BCUT2D eigenvalue weighted by molar-refractivity contribution is 0.0733. The third kappa shape index (κ3) is 4.42. The topological polar surface area (TPSA) is 54.8 Å². The Morgan fingerprint density at radius 1 is 1.12 bits per heavy atom. The number of aromatic nitrogens is 1. The van der Waals surface area contributed by atoms with Crippen LogP contribution in [0.5, 0.6) is 0 Å². The number of amides is 1. The SMILES string of the molecule is CCOC(=O)N1CCN(CC(=O)c2cc(C)n(C(C)(C)C)c2C)CC1. The first-order valence-electron chi connectivity index (χ1n) is 9.01. The van der Waals surface area contributed by atoms with Crippen molar-refractivity contribution < 1.29 is 14.3 Å². The monoisotopic (exact) mass is 349 g/mol. The minimum Gasteiger partial charge on any atom is -0.450 e. The fourth-order valence-corrected chi connectivity index (χ4v) is 3.67. The van der Waals surface area contributed by atoms with Gasteiger partial charge in [-0.15, -0.1) is 0 Å². The van der Waals surface area contributed by atoms with Crippen molar-refractivity contribution in [3.8, 4) is 0 Å². The maximum absolute atomic E-state index is 12.8. The molecule has 0 aliphatic carbocycles. The Morgan fingerprint density at radius 2 is 1.72 bits per heavy atom. The molecular weight excluding hydrogens is 318 g/mol. The van der Waals surface area contributed by atoms with E-state index in [0.29, 0.717) is 39.3 Å². The molecule has 0 aromatic carbocycles. The normalized spacial score (nSPS) is 16.2. The zero-order chi connectivity index (χ0) is 18.8. The van der Waals surface area contributed by atoms with E-state index in [0.717, 1.165) is 17.0 Å². The van der Waals surface area contributed by atoms with Gasteiger partial charge in [0.1, 0.15) is 0 Å². The highest BCUT2D eigenvalue weighted by atomic mass is 16.6. The summed E-state index contributed by atoms with van der Waals surface area (Å²) in [4.78, 5) is 28.3. The minimum absolute atomic E-state index is 0.0437. The Balaban J connectivity index is 1.99. The second kappa shape index (κ2) is 7.60. The maximum Gasteiger partial charge on any atom is 0.409 e. The van der Waals surface area contributed by atoms with Crippen molar-refractivity contribution in [3.63, 3.8) is 0 Å². The molecule has 1 aliphatic heterocycles. The molecule has 25 heavy (non-hydrogen) atoms. The van der Waals surface area contributed by atoms with E-state index in [4.69, 9.17) is 4.74 Å². The van der Waals surface area contributed by atoms with E-state index in [2.05, 4.69) is 30.2 Å². The predicted octanol–water partition coefficient (Wildman–Crippen LogP) is 2.82. The van der Waals surface area contributed by atoms with Crippen LogP contribution in [0.4, 0.5) is 4.79 Å². The van der Waals surface area contributed by atoms with Gasteiger partial charge in [0.2, 0.25) is 0 Å². The Kier molecular flexibility index (Phi) is 5.93. The molecule has 0 bridgehead atoms. The fourth-order valence-electron chi connectivity index (χ4n) is 3.67. The van der Waals surface area contributed by atoms with Gasteiger partial charge in [0, 0.05) is 48.7 Å². The van der Waals surface area contributed by atoms with Gasteiger partial charge in [-0.05, 0) is 47.6 Å². The van der Waals surface area contributed by atoms with Gasteiger partial charge in [-0.2, -0.15) is 0 Å². The van der Waals surface area contributed by atoms with Gasteiger partial charge in [0.05, 0.1) is 13.2 Å². The van der Waals surface area contributed by atoms with E-state index in [9.17, 15) is 9.59 Å². The fraction of sp³-hybridized carbons (Fsp3) is 0.684. The number of hydrogen-bond donors (Lipinski definition) is 0. The molecule has 1 fully saturated rings. The molecule has 0 saturated carbocycles. The van der Waals surface area contributed by atoms with Crippen LogP contribution in [0.2, 0.25) is 0 Å².